The fourth-order valence-electron chi connectivity index (χ4n) is 2.03. The summed E-state index contributed by atoms with van der Waals surface area (Å²) in [7, 11) is -2.16. The predicted molar refractivity (Wildman–Crippen MR) is 78.7 cm³/mol. The molecule has 1 atom stereocenters. The first-order valence-electron chi connectivity index (χ1n) is 6.17. The average Bonchev–Trinajstić information content (AvgIpc) is 2.48. The molecule has 21 heavy (non-hydrogen) atoms. The molecule has 0 spiro atoms. The number of hydrogen-bond donors (Lipinski definition) is 1. The highest BCUT2D eigenvalue weighted by Crippen LogP contribution is 2.25. The molecule has 2 N–H and O–H groups in total. The van der Waals surface area contributed by atoms with Crippen LogP contribution in [0.25, 0.3) is 0 Å². The maximum absolute atomic E-state index is 11.4. The Kier molecular flexibility index (Phi) is 4.40. The van der Waals surface area contributed by atoms with Crippen molar-refractivity contribution >= 4 is 16.3 Å². The average molecular weight is 305 g/mol. The van der Waals surface area contributed by atoms with E-state index in [1.807, 2.05) is 0 Å². The fourth-order valence-corrected chi connectivity index (χ4v) is 2.54. The van der Waals surface area contributed by atoms with Crippen molar-refractivity contribution in [2.24, 2.45) is 5.14 Å². The third kappa shape index (κ3) is 3.48. The van der Waals surface area contributed by atoms with Gasteiger partial charge in [-0.3, -0.25) is 0 Å². The van der Waals surface area contributed by atoms with Crippen molar-refractivity contribution in [3.8, 4) is 5.75 Å². The Morgan fingerprint density at radius 1 is 1.00 bits per heavy atom. The summed E-state index contributed by atoms with van der Waals surface area (Å²) < 4.78 is 27.5. The first kappa shape index (κ1) is 15.2. The summed E-state index contributed by atoms with van der Waals surface area (Å²) in [5.74, 6) is 0.235. The van der Waals surface area contributed by atoms with Crippen LogP contribution in [0.3, 0.4) is 0 Å². The molecule has 2 aromatic carbocycles. The molecule has 2 aromatic rings. The van der Waals surface area contributed by atoms with E-state index in [-0.39, 0.29) is 4.90 Å². The lowest BCUT2D eigenvalue weighted by molar-refractivity contribution is -0.108. The Morgan fingerprint density at radius 2 is 1.48 bits per heavy atom. The Morgan fingerprint density at radius 3 is 1.86 bits per heavy atom. The van der Waals surface area contributed by atoms with Gasteiger partial charge in [0.15, 0.2) is 0 Å². The smallest absolute Gasteiger partial charge is 0.238 e. The zero-order valence-corrected chi connectivity index (χ0v) is 12.2. The van der Waals surface area contributed by atoms with E-state index in [2.05, 4.69) is 0 Å². The SMILES string of the molecule is COc1ccc(C(C=O)c2ccc(S(N)(=O)=O)cc2)cc1. The number of hydrogen-bond acceptors (Lipinski definition) is 4. The number of sulfonamides is 1. The standard InChI is InChI=1S/C15H15NO4S/c1-20-13-6-2-11(3-7-13)15(10-17)12-4-8-14(9-5-12)21(16,18)19/h2-10,15H,1H3,(H2,16,18,19). The lowest BCUT2D eigenvalue weighted by Crippen LogP contribution is -2.12. The molecule has 0 amide bonds. The van der Waals surface area contributed by atoms with Crippen LogP contribution in [-0.2, 0) is 14.8 Å². The molecule has 0 radical (unpaired) electrons. The van der Waals surface area contributed by atoms with E-state index in [1.54, 1.807) is 43.5 Å². The van der Waals surface area contributed by atoms with Gasteiger partial charge in [-0.15, -0.1) is 0 Å². The summed E-state index contributed by atoms with van der Waals surface area (Å²) in [5, 5.41) is 5.05. The van der Waals surface area contributed by atoms with Crippen LogP contribution in [0.15, 0.2) is 53.4 Å². The maximum Gasteiger partial charge on any atom is 0.238 e. The van der Waals surface area contributed by atoms with Gasteiger partial charge in [-0.1, -0.05) is 24.3 Å². The van der Waals surface area contributed by atoms with Gasteiger partial charge < -0.3 is 9.53 Å². The molecule has 2 rings (SSSR count). The monoisotopic (exact) mass is 305 g/mol. The number of rotatable bonds is 5. The van der Waals surface area contributed by atoms with Gasteiger partial charge in [0.1, 0.15) is 12.0 Å². The molecule has 0 aliphatic carbocycles. The van der Waals surface area contributed by atoms with Gasteiger partial charge in [-0.05, 0) is 35.4 Å². The molecule has 0 heterocycles. The summed E-state index contributed by atoms with van der Waals surface area (Å²) in [4.78, 5) is 11.4. The molecule has 0 saturated heterocycles. The molecule has 110 valence electrons. The molecular formula is C15H15NO4S. The van der Waals surface area contributed by atoms with Crippen LogP contribution in [0, 0.1) is 0 Å². The molecule has 6 heteroatoms. The highest BCUT2D eigenvalue weighted by Gasteiger charge is 2.15. The second kappa shape index (κ2) is 6.07. The second-order valence-electron chi connectivity index (χ2n) is 4.50. The lowest BCUT2D eigenvalue weighted by Gasteiger charge is -2.12. The van der Waals surface area contributed by atoms with Gasteiger partial charge in [-0.2, -0.15) is 0 Å². The molecule has 5 nitrogen and oxygen atoms in total. The zero-order valence-electron chi connectivity index (χ0n) is 11.4. The number of methoxy groups -OCH3 is 1. The van der Waals surface area contributed by atoms with Crippen LogP contribution in [-0.4, -0.2) is 21.8 Å². The highest BCUT2D eigenvalue weighted by atomic mass is 32.2. The summed E-state index contributed by atoms with van der Waals surface area (Å²) in [6.07, 6.45) is 0.813. The van der Waals surface area contributed by atoms with Crippen molar-refractivity contribution in [3.05, 3.63) is 59.7 Å². The summed E-state index contributed by atoms with van der Waals surface area (Å²) in [5.41, 5.74) is 1.50. The van der Waals surface area contributed by atoms with E-state index in [0.29, 0.717) is 11.3 Å². The topological polar surface area (TPSA) is 86.5 Å². The van der Waals surface area contributed by atoms with Gasteiger partial charge in [-0.25, -0.2) is 13.6 Å². The third-order valence-corrected chi connectivity index (χ3v) is 4.11. The lowest BCUT2D eigenvalue weighted by atomic mass is 9.93. The molecule has 0 bridgehead atoms. The third-order valence-electron chi connectivity index (χ3n) is 3.18. The van der Waals surface area contributed by atoms with Gasteiger partial charge in [0.2, 0.25) is 10.0 Å². The van der Waals surface area contributed by atoms with Crippen LogP contribution >= 0.6 is 0 Å². The Balaban J connectivity index is 2.34. The largest absolute Gasteiger partial charge is 0.497 e. The number of aldehydes is 1. The second-order valence-corrected chi connectivity index (χ2v) is 6.06. The number of carbonyl (C=O) groups is 1. The zero-order chi connectivity index (χ0) is 15.5. The van der Waals surface area contributed by atoms with Crippen molar-refractivity contribution in [1.29, 1.82) is 0 Å². The number of nitrogens with two attached hydrogens (primary N) is 1. The van der Waals surface area contributed by atoms with Crippen LogP contribution in [0.1, 0.15) is 17.0 Å². The first-order chi connectivity index (χ1) is 9.95. The minimum absolute atomic E-state index is 0.0191. The quantitative estimate of drug-likeness (QED) is 0.851. The summed E-state index contributed by atoms with van der Waals surface area (Å²) in [6, 6.07) is 13.1. The molecule has 0 fully saturated rings. The van der Waals surface area contributed by atoms with E-state index in [1.165, 1.54) is 12.1 Å². The minimum atomic E-state index is -3.73. The Hall–Kier alpha value is -2.18. The fraction of sp³-hybridized carbons (Fsp3) is 0.133. The Bertz CT molecular complexity index is 721. The predicted octanol–water partition coefficient (Wildman–Crippen LogP) is 1.67. The number of ether oxygens (including phenoxy) is 1. The number of benzene rings is 2. The van der Waals surface area contributed by atoms with Crippen molar-refractivity contribution < 1.29 is 17.9 Å². The van der Waals surface area contributed by atoms with Crippen LogP contribution in [0.4, 0.5) is 0 Å². The van der Waals surface area contributed by atoms with E-state index >= 15 is 0 Å². The molecule has 1 unspecified atom stereocenters. The molecule has 0 saturated carbocycles. The van der Waals surface area contributed by atoms with Gasteiger partial charge >= 0.3 is 0 Å². The van der Waals surface area contributed by atoms with Crippen LogP contribution < -0.4 is 9.88 Å². The normalized spacial score (nSPS) is 12.7. The van der Waals surface area contributed by atoms with Crippen molar-refractivity contribution in [2.75, 3.05) is 7.11 Å². The number of carbonyl (C=O) groups excluding carboxylic acids is 1. The van der Waals surface area contributed by atoms with Crippen LogP contribution in [0.5, 0.6) is 5.75 Å². The minimum Gasteiger partial charge on any atom is -0.497 e. The van der Waals surface area contributed by atoms with Gasteiger partial charge in [0.05, 0.1) is 17.9 Å². The number of primary sulfonamides is 1. The van der Waals surface area contributed by atoms with Crippen LogP contribution in [0.2, 0.25) is 0 Å². The van der Waals surface area contributed by atoms with E-state index < -0.39 is 15.9 Å². The summed E-state index contributed by atoms with van der Waals surface area (Å²) >= 11 is 0. The van der Waals surface area contributed by atoms with Crippen molar-refractivity contribution in [2.45, 2.75) is 10.8 Å². The van der Waals surface area contributed by atoms with Gasteiger partial charge in [0, 0.05) is 0 Å². The molecule has 0 aromatic heterocycles. The first-order valence-corrected chi connectivity index (χ1v) is 7.72. The van der Waals surface area contributed by atoms with E-state index in [0.717, 1.165) is 11.8 Å². The van der Waals surface area contributed by atoms with E-state index in [4.69, 9.17) is 9.88 Å². The summed E-state index contributed by atoms with van der Waals surface area (Å²) in [6.45, 7) is 0. The Labute approximate surface area is 123 Å². The van der Waals surface area contributed by atoms with Crippen molar-refractivity contribution in [3.63, 3.8) is 0 Å². The highest BCUT2D eigenvalue weighted by molar-refractivity contribution is 7.89. The van der Waals surface area contributed by atoms with E-state index in [9.17, 15) is 13.2 Å². The van der Waals surface area contributed by atoms with Gasteiger partial charge in [0.25, 0.3) is 0 Å². The van der Waals surface area contributed by atoms with Crippen molar-refractivity contribution in [1.82, 2.24) is 0 Å². The molecule has 0 aliphatic heterocycles. The maximum atomic E-state index is 11.4. The molecule has 0 aliphatic rings. The molecular weight excluding hydrogens is 290 g/mol.